The molecule has 0 aromatic heterocycles. The summed E-state index contributed by atoms with van der Waals surface area (Å²) in [6, 6.07) is 1.84. The van der Waals surface area contributed by atoms with E-state index in [1.807, 2.05) is 0 Å². The van der Waals surface area contributed by atoms with Gasteiger partial charge in [-0.15, -0.1) is 0 Å². The average molecular weight is 524 g/mol. The minimum Gasteiger partial charge on any atom is -0.491 e. The molecule has 0 unspecified atom stereocenters. The Morgan fingerprint density at radius 1 is 1.19 bits per heavy atom. The van der Waals surface area contributed by atoms with Gasteiger partial charge < -0.3 is 23.7 Å². The van der Waals surface area contributed by atoms with Crippen LogP contribution in [-0.2, 0) is 29.3 Å². The number of rotatable bonds is 6. The zero-order valence-electron chi connectivity index (χ0n) is 16.8. The fraction of sp³-hybridized carbons (Fsp3) is 0.556. The number of hydrogen-bond acceptors (Lipinski definition) is 9. The highest BCUT2D eigenvalue weighted by Crippen LogP contribution is 2.36. The Morgan fingerprint density at radius 3 is 2.32 bits per heavy atom. The maximum atomic E-state index is 12.1. The Bertz CT molecular complexity index is 960. The third-order valence-corrected chi connectivity index (χ3v) is 6.78. The molecule has 0 radical (unpaired) electrons. The molecule has 1 spiro atoms. The van der Waals surface area contributed by atoms with Gasteiger partial charge in [-0.05, 0) is 28.1 Å². The fourth-order valence-corrected chi connectivity index (χ4v) is 4.93. The van der Waals surface area contributed by atoms with Crippen molar-refractivity contribution < 1.29 is 46.2 Å². The minimum absolute atomic E-state index is 0.0112. The van der Waals surface area contributed by atoms with E-state index in [0.29, 0.717) is 17.7 Å². The molecular weight excluding hydrogens is 502 g/mol. The number of ether oxygens (including phenoxy) is 5. The maximum absolute atomic E-state index is 12.1. The number of benzene rings is 1. The van der Waals surface area contributed by atoms with Crippen molar-refractivity contribution in [2.24, 2.45) is 0 Å². The Morgan fingerprint density at radius 2 is 1.77 bits per heavy atom. The van der Waals surface area contributed by atoms with Gasteiger partial charge >= 0.3 is 22.2 Å². The number of carbonyl (C=O) groups is 2. The van der Waals surface area contributed by atoms with Crippen molar-refractivity contribution in [1.29, 1.82) is 0 Å². The summed E-state index contributed by atoms with van der Waals surface area (Å²) in [4.78, 5) is 24.1. The first-order chi connectivity index (χ1) is 14.6. The van der Waals surface area contributed by atoms with E-state index >= 15 is 0 Å². The monoisotopic (exact) mass is 523 g/mol. The van der Waals surface area contributed by atoms with Crippen molar-refractivity contribution >= 4 is 38.2 Å². The van der Waals surface area contributed by atoms with Crippen LogP contribution in [0.15, 0.2) is 16.6 Å². The summed E-state index contributed by atoms with van der Waals surface area (Å²) < 4.78 is 61.0. The molecular formula is C18H22BrNO10S. The van der Waals surface area contributed by atoms with E-state index < -0.39 is 34.1 Å². The van der Waals surface area contributed by atoms with Crippen LogP contribution in [0, 0.1) is 0 Å². The van der Waals surface area contributed by atoms with Crippen molar-refractivity contribution in [2.75, 3.05) is 40.6 Å². The number of esters is 2. The molecule has 31 heavy (non-hydrogen) atoms. The molecule has 0 aliphatic carbocycles. The standard InChI is InChI=1S/C18H22BrNO10S/c1-26-16(21)12-7-14(19)15(8-13(12)17(22)27-2)28-10-11-9-18(29-5-6-30-18)3-4-20(11)31(23,24)25/h7-8,11H,3-6,9-10H2,1-2H3,(H,23,24,25)/t11-/m0/s1. The number of carbonyl (C=O) groups excluding carboxylic acids is 2. The quantitative estimate of drug-likeness (QED) is 0.430. The van der Waals surface area contributed by atoms with Gasteiger partial charge in [-0.25, -0.2) is 9.59 Å². The number of halogens is 1. The first-order valence-corrected chi connectivity index (χ1v) is 11.4. The summed E-state index contributed by atoms with van der Waals surface area (Å²) in [7, 11) is -2.14. The number of methoxy groups -OCH3 is 2. The van der Waals surface area contributed by atoms with Gasteiger partial charge in [0, 0.05) is 19.4 Å². The van der Waals surface area contributed by atoms with Crippen molar-refractivity contribution in [3.05, 3.63) is 27.7 Å². The molecule has 1 aromatic rings. The number of nitrogens with zero attached hydrogens (tertiary/aromatic N) is 1. The molecule has 13 heteroatoms. The molecule has 2 aliphatic rings. The molecule has 2 aliphatic heterocycles. The third-order valence-electron chi connectivity index (χ3n) is 5.09. The molecule has 0 saturated carbocycles. The largest absolute Gasteiger partial charge is 0.491 e. The number of hydrogen-bond donors (Lipinski definition) is 1. The summed E-state index contributed by atoms with van der Waals surface area (Å²) in [6.45, 7) is 0.596. The van der Waals surface area contributed by atoms with Gasteiger partial charge in [0.25, 0.3) is 0 Å². The van der Waals surface area contributed by atoms with E-state index in [0.717, 1.165) is 4.31 Å². The molecule has 3 rings (SSSR count). The highest BCUT2D eigenvalue weighted by Gasteiger charge is 2.47. The lowest BCUT2D eigenvalue weighted by molar-refractivity contribution is -0.191. The Balaban J connectivity index is 1.86. The lowest BCUT2D eigenvalue weighted by Gasteiger charge is -2.41. The van der Waals surface area contributed by atoms with Gasteiger partial charge in [0.1, 0.15) is 12.4 Å². The summed E-state index contributed by atoms with van der Waals surface area (Å²) in [5, 5.41) is 0. The van der Waals surface area contributed by atoms with E-state index in [1.54, 1.807) is 0 Å². The SMILES string of the molecule is COC(=O)c1cc(Br)c(OC[C@@H]2CC3(CCN2S(=O)(=O)O)OCCO3)cc1C(=O)OC. The highest BCUT2D eigenvalue weighted by molar-refractivity contribution is 9.10. The van der Waals surface area contributed by atoms with E-state index in [1.165, 1.54) is 26.4 Å². The van der Waals surface area contributed by atoms with Gasteiger partial charge in [0.2, 0.25) is 0 Å². The van der Waals surface area contributed by atoms with E-state index in [-0.39, 0.29) is 42.9 Å². The van der Waals surface area contributed by atoms with Gasteiger partial charge in [0.15, 0.2) is 5.79 Å². The zero-order chi connectivity index (χ0) is 22.8. The third kappa shape index (κ3) is 5.18. The topological polar surface area (TPSA) is 138 Å². The smallest absolute Gasteiger partial charge is 0.338 e. The Labute approximate surface area is 187 Å². The second-order valence-corrected chi connectivity index (χ2v) is 9.15. The fourth-order valence-electron chi connectivity index (χ4n) is 3.64. The van der Waals surface area contributed by atoms with Crippen molar-refractivity contribution in [3.63, 3.8) is 0 Å². The Kier molecular flexibility index (Phi) is 7.23. The Hall–Kier alpha value is -1.77. The van der Waals surface area contributed by atoms with Crippen LogP contribution in [0.3, 0.4) is 0 Å². The molecule has 11 nitrogen and oxygen atoms in total. The van der Waals surface area contributed by atoms with Crippen LogP contribution in [-0.4, -0.2) is 81.6 Å². The van der Waals surface area contributed by atoms with Crippen LogP contribution >= 0.6 is 15.9 Å². The van der Waals surface area contributed by atoms with E-state index in [2.05, 4.69) is 20.7 Å². The second-order valence-electron chi connectivity index (χ2n) is 6.93. The first kappa shape index (κ1) is 23.9. The molecule has 2 fully saturated rings. The van der Waals surface area contributed by atoms with Gasteiger partial charge in [-0.1, -0.05) is 0 Å². The van der Waals surface area contributed by atoms with Crippen LogP contribution in [0.1, 0.15) is 33.6 Å². The molecule has 1 N–H and O–H groups in total. The molecule has 0 bridgehead atoms. The number of piperidine rings is 1. The van der Waals surface area contributed by atoms with Crippen LogP contribution in [0.4, 0.5) is 0 Å². The molecule has 0 amide bonds. The van der Waals surface area contributed by atoms with Crippen LogP contribution in [0.2, 0.25) is 0 Å². The first-order valence-electron chi connectivity index (χ1n) is 9.25. The predicted molar refractivity (Wildman–Crippen MR) is 108 cm³/mol. The summed E-state index contributed by atoms with van der Waals surface area (Å²) >= 11 is 3.27. The molecule has 2 heterocycles. The summed E-state index contributed by atoms with van der Waals surface area (Å²) in [5.74, 6) is -2.29. The molecule has 2 saturated heterocycles. The minimum atomic E-state index is -4.49. The van der Waals surface area contributed by atoms with Crippen molar-refractivity contribution in [3.8, 4) is 5.75 Å². The lowest BCUT2D eigenvalue weighted by Crippen LogP contribution is -2.55. The van der Waals surface area contributed by atoms with E-state index in [9.17, 15) is 22.6 Å². The van der Waals surface area contributed by atoms with Gasteiger partial charge in [-0.2, -0.15) is 12.7 Å². The van der Waals surface area contributed by atoms with Gasteiger partial charge in [0.05, 0.1) is 49.1 Å². The van der Waals surface area contributed by atoms with Gasteiger partial charge in [-0.3, -0.25) is 4.55 Å². The summed E-state index contributed by atoms with van der Waals surface area (Å²) in [6.07, 6.45) is 0.418. The molecule has 1 aromatic carbocycles. The normalized spacial score (nSPS) is 21.1. The summed E-state index contributed by atoms with van der Waals surface area (Å²) in [5.41, 5.74) is -0.112. The predicted octanol–water partition coefficient (Wildman–Crippen LogP) is 1.41. The second kappa shape index (κ2) is 9.38. The van der Waals surface area contributed by atoms with Crippen molar-refractivity contribution in [2.45, 2.75) is 24.7 Å². The van der Waals surface area contributed by atoms with E-state index in [4.69, 9.17) is 18.9 Å². The molecule has 1 atom stereocenters. The van der Waals surface area contributed by atoms with Crippen LogP contribution < -0.4 is 4.74 Å². The highest BCUT2D eigenvalue weighted by atomic mass is 79.9. The molecule has 172 valence electrons. The van der Waals surface area contributed by atoms with Crippen LogP contribution in [0.5, 0.6) is 5.75 Å². The van der Waals surface area contributed by atoms with Crippen molar-refractivity contribution in [1.82, 2.24) is 4.31 Å². The zero-order valence-corrected chi connectivity index (χ0v) is 19.2. The maximum Gasteiger partial charge on any atom is 0.338 e. The lowest BCUT2D eigenvalue weighted by atomic mass is 9.98. The average Bonchev–Trinajstić information content (AvgIpc) is 3.18. The van der Waals surface area contributed by atoms with Crippen LogP contribution in [0.25, 0.3) is 0 Å².